The lowest BCUT2D eigenvalue weighted by Gasteiger charge is -2.43. The molecule has 1 aliphatic rings. The molecule has 4 heteroatoms. The molecule has 18 heavy (non-hydrogen) atoms. The molecule has 0 saturated carbocycles. The molecule has 1 unspecified atom stereocenters. The largest absolute Gasteiger partial charge is 0.313 e. The van der Waals surface area contributed by atoms with Crippen molar-refractivity contribution in [1.29, 1.82) is 0 Å². The summed E-state index contributed by atoms with van der Waals surface area (Å²) in [6.07, 6.45) is 0.788. The Morgan fingerprint density at radius 2 is 1.83 bits per heavy atom. The van der Waals surface area contributed by atoms with E-state index in [9.17, 15) is 0 Å². The van der Waals surface area contributed by atoms with Crippen molar-refractivity contribution in [3.63, 3.8) is 0 Å². The Hall–Kier alpha value is -0.610. The second-order valence-electron chi connectivity index (χ2n) is 5.42. The predicted molar refractivity (Wildman–Crippen MR) is 76.8 cm³/mol. The van der Waals surface area contributed by atoms with Crippen LogP contribution in [0, 0.1) is 0 Å². The van der Waals surface area contributed by atoms with Gasteiger partial charge in [-0.2, -0.15) is 0 Å². The van der Waals surface area contributed by atoms with Crippen LogP contribution in [-0.2, 0) is 6.42 Å². The maximum absolute atomic E-state index is 6.49. The van der Waals surface area contributed by atoms with Crippen molar-refractivity contribution >= 4 is 11.6 Å². The van der Waals surface area contributed by atoms with Crippen molar-refractivity contribution in [1.82, 2.24) is 9.80 Å². The van der Waals surface area contributed by atoms with Crippen LogP contribution < -0.4 is 5.73 Å². The summed E-state index contributed by atoms with van der Waals surface area (Å²) in [6, 6.07) is 7.96. The standard InChI is InChI=1S/C14H22ClN3/c1-14(16,18-9-7-17(2)8-10-18)11-12-5-3-4-6-13(12)15/h3-6H,7-11,16H2,1-2H3. The molecular formula is C14H22ClN3. The summed E-state index contributed by atoms with van der Waals surface area (Å²) in [5, 5.41) is 0.809. The van der Waals surface area contributed by atoms with Crippen LogP contribution in [0.4, 0.5) is 0 Å². The number of likely N-dealkylation sites (N-methyl/N-ethyl adjacent to an activating group) is 1. The van der Waals surface area contributed by atoms with Crippen molar-refractivity contribution in [2.75, 3.05) is 33.2 Å². The lowest BCUT2D eigenvalue weighted by atomic mass is 9.99. The van der Waals surface area contributed by atoms with Crippen LogP contribution in [0.15, 0.2) is 24.3 Å². The Labute approximate surface area is 115 Å². The van der Waals surface area contributed by atoms with Crippen LogP contribution in [-0.4, -0.2) is 48.7 Å². The molecule has 0 aliphatic carbocycles. The van der Waals surface area contributed by atoms with Gasteiger partial charge in [0.15, 0.2) is 0 Å². The van der Waals surface area contributed by atoms with Gasteiger partial charge in [0, 0.05) is 37.6 Å². The molecule has 1 atom stereocenters. The second-order valence-corrected chi connectivity index (χ2v) is 5.82. The maximum Gasteiger partial charge on any atom is 0.0700 e. The summed E-state index contributed by atoms with van der Waals surface area (Å²) in [6.45, 7) is 6.30. The van der Waals surface area contributed by atoms with Gasteiger partial charge in [-0.25, -0.2) is 0 Å². The van der Waals surface area contributed by atoms with Crippen molar-refractivity contribution in [2.45, 2.75) is 19.0 Å². The molecule has 0 aromatic heterocycles. The van der Waals surface area contributed by atoms with Crippen LogP contribution in [0.1, 0.15) is 12.5 Å². The molecule has 3 nitrogen and oxygen atoms in total. The highest BCUT2D eigenvalue weighted by Crippen LogP contribution is 2.22. The smallest absolute Gasteiger partial charge is 0.0700 e. The minimum Gasteiger partial charge on any atom is -0.313 e. The zero-order valence-corrected chi connectivity index (χ0v) is 12.0. The molecule has 100 valence electrons. The number of rotatable bonds is 3. The molecule has 1 fully saturated rings. The molecule has 1 saturated heterocycles. The summed E-state index contributed by atoms with van der Waals surface area (Å²) < 4.78 is 0. The second kappa shape index (κ2) is 5.57. The number of hydrogen-bond donors (Lipinski definition) is 1. The zero-order valence-electron chi connectivity index (χ0n) is 11.2. The van der Waals surface area contributed by atoms with E-state index in [1.165, 1.54) is 0 Å². The fraction of sp³-hybridized carbons (Fsp3) is 0.571. The number of halogens is 1. The van der Waals surface area contributed by atoms with Crippen molar-refractivity contribution in [3.8, 4) is 0 Å². The van der Waals surface area contributed by atoms with E-state index in [2.05, 4.69) is 29.8 Å². The third-order valence-corrected chi connectivity index (χ3v) is 4.10. The predicted octanol–water partition coefficient (Wildman–Crippen LogP) is 1.80. The lowest BCUT2D eigenvalue weighted by molar-refractivity contribution is 0.0547. The molecule has 0 bridgehead atoms. The van der Waals surface area contributed by atoms with E-state index >= 15 is 0 Å². The monoisotopic (exact) mass is 267 g/mol. The average molecular weight is 268 g/mol. The normalized spacial score (nSPS) is 21.8. The molecule has 1 aromatic rings. The van der Waals surface area contributed by atoms with Gasteiger partial charge in [-0.05, 0) is 25.6 Å². The highest BCUT2D eigenvalue weighted by Gasteiger charge is 2.30. The van der Waals surface area contributed by atoms with E-state index in [0.717, 1.165) is 43.2 Å². The molecule has 0 spiro atoms. The van der Waals surface area contributed by atoms with Gasteiger partial charge in [-0.1, -0.05) is 29.8 Å². The molecule has 1 heterocycles. The van der Waals surface area contributed by atoms with Crippen molar-refractivity contribution in [3.05, 3.63) is 34.9 Å². The van der Waals surface area contributed by atoms with Crippen molar-refractivity contribution in [2.24, 2.45) is 5.73 Å². The van der Waals surface area contributed by atoms with Crippen LogP contribution >= 0.6 is 11.6 Å². The first-order valence-electron chi connectivity index (χ1n) is 6.45. The number of nitrogens with zero attached hydrogens (tertiary/aromatic N) is 2. The number of nitrogens with two attached hydrogens (primary N) is 1. The molecule has 2 rings (SSSR count). The van der Waals surface area contributed by atoms with Crippen LogP contribution in [0.25, 0.3) is 0 Å². The van der Waals surface area contributed by atoms with E-state index in [1.54, 1.807) is 0 Å². The summed E-state index contributed by atoms with van der Waals surface area (Å²) >= 11 is 6.21. The number of benzene rings is 1. The third kappa shape index (κ3) is 3.23. The Balaban J connectivity index is 2.05. The SMILES string of the molecule is CN1CCN(C(C)(N)Cc2ccccc2Cl)CC1. The van der Waals surface area contributed by atoms with Crippen LogP contribution in [0.2, 0.25) is 5.02 Å². The van der Waals surface area contributed by atoms with E-state index in [-0.39, 0.29) is 5.66 Å². The molecule has 2 N–H and O–H groups in total. The first-order chi connectivity index (χ1) is 8.49. The molecule has 1 aromatic carbocycles. The highest BCUT2D eigenvalue weighted by atomic mass is 35.5. The topological polar surface area (TPSA) is 32.5 Å². The minimum atomic E-state index is -0.327. The van der Waals surface area contributed by atoms with Gasteiger partial charge in [0.2, 0.25) is 0 Å². The van der Waals surface area contributed by atoms with Crippen LogP contribution in [0.5, 0.6) is 0 Å². The summed E-state index contributed by atoms with van der Waals surface area (Å²) in [5.41, 5.74) is 7.29. The first kappa shape index (κ1) is 13.8. The Morgan fingerprint density at radius 3 is 2.44 bits per heavy atom. The molecular weight excluding hydrogens is 246 g/mol. The van der Waals surface area contributed by atoms with Gasteiger partial charge in [0.1, 0.15) is 0 Å². The minimum absolute atomic E-state index is 0.327. The lowest BCUT2D eigenvalue weighted by Crippen LogP contribution is -2.60. The molecule has 1 aliphatic heterocycles. The van der Waals surface area contributed by atoms with Crippen molar-refractivity contribution < 1.29 is 0 Å². The summed E-state index contributed by atoms with van der Waals surface area (Å²) in [7, 11) is 2.15. The fourth-order valence-corrected chi connectivity index (χ4v) is 2.66. The zero-order chi connectivity index (χ0) is 13.2. The molecule has 0 amide bonds. The molecule has 0 radical (unpaired) electrons. The van der Waals surface area contributed by atoms with Gasteiger partial charge < -0.3 is 10.6 Å². The van der Waals surface area contributed by atoms with Gasteiger partial charge >= 0.3 is 0 Å². The van der Waals surface area contributed by atoms with Gasteiger partial charge in [-0.3, -0.25) is 4.90 Å². The maximum atomic E-state index is 6.49. The average Bonchev–Trinajstić information content (AvgIpc) is 2.32. The Bertz CT molecular complexity index is 398. The third-order valence-electron chi connectivity index (χ3n) is 3.73. The quantitative estimate of drug-likeness (QED) is 0.907. The van der Waals surface area contributed by atoms with E-state index < -0.39 is 0 Å². The van der Waals surface area contributed by atoms with E-state index in [0.29, 0.717) is 0 Å². The summed E-state index contributed by atoms with van der Waals surface area (Å²) in [4.78, 5) is 4.69. The van der Waals surface area contributed by atoms with Gasteiger partial charge in [0.05, 0.1) is 5.66 Å². The van der Waals surface area contributed by atoms with E-state index in [4.69, 9.17) is 17.3 Å². The number of piperazine rings is 1. The van der Waals surface area contributed by atoms with E-state index in [1.807, 2.05) is 18.2 Å². The Morgan fingerprint density at radius 1 is 1.22 bits per heavy atom. The van der Waals surface area contributed by atoms with Crippen LogP contribution in [0.3, 0.4) is 0 Å². The van der Waals surface area contributed by atoms with Gasteiger partial charge in [0.25, 0.3) is 0 Å². The highest BCUT2D eigenvalue weighted by molar-refractivity contribution is 6.31. The Kier molecular flexibility index (Phi) is 4.28. The van der Waals surface area contributed by atoms with Gasteiger partial charge in [-0.15, -0.1) is 0 Å². The fourth-order valence-electron chi connectivity index (χ4n) is 2.46. The number of hydrogen-bond acceptors (Lipinski definition) is 3. The summed E-state index contributed by atoms with van der Waals surface area (Å²) in [5.74, 6) is 0. The first-order valence-corrected chi connectivity index (χ1v) is 6.83.